The van der Waals surface area contributed by atoms with E-state index in [-0.39, 0.29) is 11.6 Å². The minimum Gasteiger partial charge on any atom is -0.350 e. The van der Waals surface area contributed by atoms with Gasteiger partial charge >= 0.3 is 0 Å². The molecule has 0 radical (unpaired) electrons. The summed E-state index contributed by atoms with van der Waals surface area (Å²) in [4.78, 5) is 11.3. The van der Waals surface area contributed by atoms with Gasteiger partial charge in [-0.1, -0.05) is 19.4 Å². The lowest BCUT2D eigenvalue weighted by Crippen LogP contribution is -2.31. The zero-order chi connectivity index (χ0) is 10.4. The molecule has 1 aliphatic rings. The van der Waals surface area contributed by atoms with E-state index in [1.807, 2.05) is 6.08 Å². The number of rotatable bonds is 6. The molecule has 0 aromatic carbocycles. The third-order valence-electron chi connectivity index (χ3n) is 2.23. The van der Waals surface area contributed by atoms with Gasteiger partial charge in [-0.05, 0) is 31.3 Å². The van der Waals surface area contributed by atoms with Crippen molar-refractivity contribution in [2.75, 3.05) is 6.54 Å². The average molecular weight is 194 g/mol. The van der Waals surface area contributed by atoms with Gasteiger partial charge < -0.3 is 5.32 Å². The molecule has 0 spiro atoms. The fraction of sp³-hybridized carbons (Fsp3) is 0.636. The van der Waals surface area contributed by atoms with Gasteiger partial charge in [0.05, 0.1) is 0 Å². The van der Waals surface area contributed by atoms with Gasteiger partial charge in [0.15, 0.2) is 0 Å². The number of allylic oxidation sites excluding steroid dienone is 1. The van der Waals surface area contributed by atoms with Crippen LogP contribution in [0.2, 0.25) is 0 Å². The highest BCUT2D eigenvalue weighted by Crippen LogP contribution is 2.27. The number of hydrogen-bond acceptors (Lipinski definition) is 2. The van der Waals surface area contributed by atoms with Crippen molar-refractivity contribution in [3.8, 4) is 0 Å². The number of amides is 1. The molecule has 0 atom stereocenters. The van der Waals surface area contributed by atoms with Crippen molar-refractivity contribution in [3.05, 3.63) is 12.2 Å². The van der Waals surface area contributed by atoms with Crippen LogP contribution in [0.25, 0.3) is 0 Å². The summed E-state index contributed by atoms with van der Waals surface area (Å²) in [7, 11) is 0. The number of hydrogen-bond donors (Lipinski definition) is 2. The summed E-state index contributed by atoms with van der Waals surface area (Å²) in [6.45, 7) is 2.81. The van der Waals surface area contributed by atoms with Crippen LogP contribution in [0.3, 0.4) is 0 Å². The van der Waals surface area contributed by atoms with Crippen LogP contribution in [0.4, 0.5) is 0 Å². The fourth-order valence-electron chi connectivity index (χ4n) is 1.10. The van der Waals surface area contributed by atoms with Crippen LogP contribution >= 0.6 is 0 Å². The van der Waals surface area contributed by atoms with Crippen molar-refractivity contribution in [3.63, 3.8) is 0 Å². The third-order valence-corrected chi connectivity index (χ3v) is 2.23. The van der Waals surface area contributed by atoms with Gasteiger partial charge in [0.25, 0.3) is 5.91 Å². The van der Waals surface area contributed by atoms with E-state index in [0.717, 1.165) is 19.4 Å². The molecule has 3 heteroatoms. The van der Waals surface area contributed by atoms with Crippen LogP contribution in [-0.2, 0) is 4.79 Å². The summed E-state index contributed by atoms with van der Waals surface area (Å²) in [6.07, 6.45) is 7.88. The van der Waals surface area contributed by atoms with Crippen LogP contribution in [0, 0.1) is 11.3 Å². The average Bonchev–Trinajstić information content (AvgIpc) is 2.98. The fourth-order valence-corrected chi connectivity index (χ4v) is 1.10. The normalized spacial score (nSPS) is 15.8. The highest BCUT2D eigenvalue weighted by molar-refractivity contribution is 6.42. The van der Waals surface area contributed by atoms with Crippen molar-refractivity contribution in [1.29, 1.82) is 5.41 Å². The van der Waals surface area contributed by atoms with E-state index in [1.165, 1.54) is 12.8 Å². The molecule has 2 N–H and O–H groups in total. The Morgan fingerprint density at radius 2 is 2.29 bits per heavy atom. The molecule has 0 aromatic rings. The zero-order valence-electron chi connectivity index (χ0n) is 8.68. The number of carbonyl (C=O) groups is 1. The maximum absolute atomic E-state index is 11.3. The second-order valence-electron chi connectivity index (χ2n) is 3.76. The van der Waals surface area contributed by atoms with Crippen LogP contribution in [-0.4, -0.2) is 18.2 Å². The van der Waals surface area contributed by atoms with Gasteiger partial charge in [-0.25, -0.2) is 0 Å². The summed E-state index contributed by atoms with van der Waals surface area (Å²) >= 11 is 0. The molecule has 0 aliphatic heterocycles. The van der Waals surface area contributed by atoms with E-state index in [0.29, 0.717) is 5.92 Å². The molecule has 1 saturated carbocycles. The van der Waals surface area contributed by atoms with Crippen molar-refractivity contribution < 1.29 is 4.79 Å². The number of unbranched alkanes of at least 4 members (excludes halogenated alkanes) is 1. The minimum absolute atomic E-state index is 0.0686. The Morgan fingerprint density at radius 3 is 2.86 bits per heavy atom. The molecule has 0 heterocycles. The van der Waals surface area contributed by atoms with Crippen molar-refractivity contribution >= 4 is 11.6 Å². The van der Waals surface area contributed by atoms with Crippen LogP contribution in [0.1, 0.15) is 32.6 Å². The first kappa shape index (κ1) is 11.0. The molecule has 14 heavy (non-hydrogen) atoms. The molecule has 1 amide bonds. The van der Waals surface area contributed by atoms with Crippen molar-refractivity contribution in [2.24, 2.45) is 5.92 Å². The van der Waals surface area contributed by atoms with E-state index in [2.05, 4.69) is 12.2 Å². The Balaban J connectivity index is 2.17. The minimum atomic E-state index is -0.246. The molecule has 1 aliphatic carbocycles. The third kappa shape index (κ3) is 4.21. The highest BCUT2D eigenvalue weighted by Gasteiger charge is 2.21. The molecule has 1 fully saturated rings. The maximum atomic E-state index is 11.3. The summed E-state index contributed by atoms with van der Waals surface area (Å²) in [5, 5.41) is 10.2. The standard InChI is InChI=1S/C11H18N2O/c1-2-3-4-5-10(12)11(14)13-8-9-6-7-9/h4-5,9,12H,2-3,6-8H2,1H3,(H,13,14)/b5-4-,12-10?. The first-order valence-electron chi connectivity index (χ1n) is 5.27. The predicted octanol–water partition coefficient (Wildman–Crippen LogP) is 1.89. The molecule has 1 rings (SSSR count). The Labute approximate surface area is 85.1 Å². The summed E-state index contributed by atoms with van der Waals surface area (Å²) < 4.78 is 0. The number of nitrogens with one attached hydrogen (secondary N) is 2. The Hall–Kier alpha value is -1.12. The molecular formula is C11H18N2O. The van der Waals surface area contributed by atoms with Gasteiger partial charge in [0.2, 0.25) is 0 Å². The van der Waals surface area contributed by atoms with Gasteiger partial charge in [0, 0.05) is 6.54 Å². The van der Waals surface area contributed by atoms with E-state index in [4.69, 9.17) is 5.41 Å². The van der Waals surface area contributed by atoms with Gasteiger partial charge in [-0.15, -0.1) is 0 Å². The van der Waals surface area contributed by atoms with Crippen molar-refractivity contribution in [2.45, 2.75) is 32.6 Å². The highest BCUT2D eigenvalue weighted by atomic mass is 16.1. The Bertz CT molecular complexity index is 242. The lowest BCUT2D eigenvalue weighted by molar-refractivity contribution is -0.114. The summed E-state index contributed by atoms with van der Waals surface area (Å²) in [5.74, 6) is 0.427. The van der Waals surface area contributed by atoms with Gasteiger partial charge in [-0.3, -0.25) is 10.2 Å². The van der Waals surface area contributed by atoms with Crippen LogP contribution in [0.5, 0.6) is 0 Å². The Kier molecular flexibility index (Phi) is 4.36. The van der Waals surface area contributed by atoms with Crippen molar-refractivity contribution in [1.82, 2.24) is 5.32 Å². The second-order valence-corrected chi connectivity index (χ2v) is 3.76. The quantitative estimate of drug-likeness (QED) is 0.623. The number of carbonyl (C=O) groups excluding carboxylic acids is 1. The molecule has 0 aromatic heterocycles. The van der Waals surface area contributed by atoms with Crippen LogP contribution in [0.15, 0.2) is 12.2 Å². The smallest absolute Gasteiger partial charge is 0.269 e. The molecular weight excluding hydrogens is 176 g/mol. The zero-order valence-corrected chi connectivity index (χ0v) is 8.68. The van der Waals surface area contributed by atoms with Gasteiger partial charge in [-0.2, -0.15) is 0 Å². The SMILES string of the molecule is CCC/C=C\C(=N)C(=O)NCC1CC1. The lowest BCUT2D eigenvalue weighted by atomic mass is 10.2. The first-order chi connectivity index (χ1) is 6.74. The van der Waals surface area contributed by atoms with Crippen LogP contribution < -0.4 is 5.32 Å². The van der Waals surface area contributed by atoms with Gasteiger partial charge in [0.1, 0.15) is 5.71 Å². The molecule has 0 unspecified atom stereocenters. The second kappa shape index (κ2) is 5.58. The molecule has 78 valence electrons. The summed E-state index contributed by atoms with van der Waals surface area (Å²) in [5.41, 5.74) is 0.0686. The summed E-state index contributed by atoms with van der Waals surface area (Å²) in [6, 6.07) is 0. The molecule has 3 nitrogen and oxygen atoms in total. The van der Waals surface area contributed by atoms with E-state index >= 15 is 0 Å². The lowest BCUT2D eigenvalue weighted by Gasteiger charge is -2.01. The first-order valence-corrected chi connectivity index (χ1v) is 5.27. The van der Waals surface area contributed by atoms with E-state index in [1.54, 1.807) is 6.08 Å². The Morgan fingerprint density at radius 1 is 1.57 bits per heavy atom. The monoisotopic (exact) mass is 194 g/mol. The topological polar surface area (TPSA) is 53.0 Å². The molecule has 0 saturated heterocycles. The predicted molar refractivity (Wildman–Crippen MR) is 57.5 cm³/mol. The van der Waals surface area contributed by atoms with E-state index < -0.39 is 0 Å². The van der Waals surface area contributed by atoms with E-state index in [9.17, 15) is 4.79 Å². The maximum Gasteiger partial charge on any atom is 0.269 e. The molecule has 0 bridgehead atoms. The largest absolute Gasteiger partial charge is 0.350 e.